The van der Waals surface area contributed by atoms with Crippen molar-refractivity contribution < 1.29 is 19.1 Å². The van der Waals surface area contributed by atoms with E-state index in [1.807, 2.05) is 6.92 Å². The number of halogens is 3. The van der Waals surface area contributed by atoms with E-state index in [4.69, 9.17) is 39.5 Å². The molecule has 1 aliphatic rings. The van der Waals surface area contributed by atoms with Gasteiger partial charge in [-0.15, -0.1) is 0 Å². The summed E-state index contributed by atoms with van der Waals surface area (Å²) in [7, 11) is 0. The van der Waals surface area contributed by atoms with E-state index in [1.165, 1.54) is 6.07 Å². The Hall–Kier alpha value is -3.52. The van der Waals surface area contributed by atoms with Crippen LogP contribution in [0.2, 0.25) is 10.0 Å². The van der Waals surface area contributed by atoms with Gasteiger partial charge in [-0.1, -0.05) is 40.9 Å². The highest BCUT2D eigenvalue weighted by Crippen LogP contribution is 2.31. The average molecular weight is 531 g/mol. The van der Waals surface area contributed by atoms with Crippen LogP contribution in [0.5, 0.6) is 5.75 Å². The molecule has 7 nitrogen and oxygen atoms in total. The minimum Gasteiger partial charge on any atom is -0.494 e. The fraction of sp³-hybridized carbons (Fsp3) is 0.0800. The lowest BCUT2D eigenvalue weighted by atomic mass is 10.1. The number of ether oxygens (including phenoxy) is 1. The van der Waals surface area contributed by atoms with Gasteiger partial charge in [-0.2, -0.15) is 0 Å². The molecular weight excluding hydrogens is 513 g/mol. The quantitative estimate of drug-likeness (QED) is 0.362. The van der Waals surface area contributed by atoms with Crippen molar-refractivity contribution in [2.45, 2.75) is 6.92 Å². The second-order valence-corrected chi connectivity index (χ2v) is 8.63. The summed E-state index contributed by atoms with van der Waals surface area (Å²) in [5, 5.41) is 6.09. The number of amides is 3. The van der Waals surface area contributed by atoms with Crippen molar-refractivity contribution in [1.29, 1.82) is 0 Å². The van der Waals surface area contributed by atoms with E-state index in [0.717, 1.165) is 4.90 Å². The molecule has 0 unspecified atom stereocenters. The second kappa shape index (κ2) is 10.4. The molecule has 0 spiro atoms. The monoisotopic (exact) mass is 529 g/mol. The fourth-order valence-electron chi connectivity index (χ4n) is 3.42. The van der Waals surface area contributed by atoms with Crippen LogP contribution in [0, 0.1) is 0 Å². The Bertz CT molecular complexity index is 1340. The van der Waals surface area contributed by atoms with Gasteiger partial charge >= 0.3 is 0 Å². The highest BCUT2D eigenvalue weighted by molar-refractivity contribution is 6.53. The van der Waals surface area contributed by atoms with Crippen molar-refractivity contribution in [2.75, 3.05) is 22.1 Å². The summed E-state index contributed by atoms with van der Waals surface area (Å²) < 4.78 is 5.40. The van der Waals surface area contributed by atoms with Gasteiger partial charge in [0.1, 0.15) is 16.5 Å². The zero-order valence-corrected chi connectivity index (χ0v) is 20.5. The lowest BCUT2D eigenvalue weighted by molar-refractivity contribution is -0.120. The number of anilines is 3. The first-order valence-electron chi connectivity index (χ1n) is 10.4. The van der Waals surface area contributed by atoms with Gasteiger partial charge in [0.05, 0.1) is 12.3 Å². The van der Waals surface area contributed by atoms with E-state index >= 15 is 0 Å². The normalized spacial score (nSPS) is 13.3. The molecule has 3 aromatic carbocycles. The Balaban J connectivity index is 1.51. The minimum atomic E-state index is -0.657. The number of rotatable bonds is 7. The predicted molar refractivity (Wildman–Crippen MR) is 137 cm³/mol. The lowest BCUT2D eigenvalue weighted by Gasteiger charge is -2.16. The van der Waals surface area contributed by atoms with Crippen molar-refractivity contribution >= 4 is 69.6 Å². The lowest BCUT2D eigenvalue weighted by Crippen LogP contribution is -2.32. The van der Waals surface area contributed by atoms with Gasteiger partial charge in [-0.05, 0) is 67.6 Å². The molecule has 0 saturated carbocycles. The molecule has 0 bridgehead atoms. The Labute approximate surface area is 216 Å². The van der Waals surface area contributed by atoms with E-state index in [0.29, 0.717) is 45.0 Å². The summed E-state index contributed by atoms with van der Waals surface area (Å²) >= 11 is 18.2. The first-order chi connectivity index (χ1) is 16.8. The molecule has 3 amide bonds. The van der Waals surface area contributed by atoms with Gasteiger partial charge in [0.2, 0.25) is 0 Å². The number of imide groups is 1. The summed E-state index contributed by atoms with van der Waals surface area (Å²) in [6, 6.07) is 17.6. The molecule has 0 aliphatic carbocycles. The average Bonchev–Trinajstić information content (AvgIpc) is 3.02. The first kappa shape index (κ1) is 24.6. The topological polar surface area (TPSA) is 87.7 Å². The molecule has 0 aromatic heterocycles. The smallest absolute Gasteiger partial charge is 0.283 e. The number of carbonyl (C=O) groups excluding carboxylic acids is 3. The first-order valence-corrected chi connectivity index (χ1v) is 11.6. The third-order valence-corrected chi connectivity index (χ3v) is 5.73. The van der Waals surface area contributed by atoms with Gasteiger partial charge in [0.25, 0.3) is 17.7 Å². The molecule has 35 heavy (non-hydrogen) atoms. The Kier molecular flexibility index (Phi) is 7.31. The zero-order chi connectivity index (χ0) is 25.1. The molecule has 178 valence electrons. The number of nitrogens with one attached hydrogen (secondary N) is 2. The van der Waals surface area contributed by atoms with Crippen LogP contribution in [0.3, 0.4) is 0 Å². The number of hydrogen-bond acceptors (Lipinski definition) is 5. The van der Waals surface area contributed by atoms with Crippen LogP contribution in [0.25, 0.3) is 0 Å². The Morgan fingerprint density at radius 2 is 1.57 bits per heavy atom. The van der Waals surface area contributed by atoms with Crippen molar-refractivity contribution in [3.8, 4) is 5.75 Å². The van der Waals surface area contributed by atoms with Crippen LogP contribution in [0.1, 0.15) is 17.3 Å². The molecule has 1 heterocycles. The van der Waals surface area contributed by atoms with Crippen LogP contribution in [0.15, 0.2) is 77.5 Å². The van der Waals surface area contributed by atoms with E-state index in [-0.39, 0.29) is 10.7 Å². The predicted octanol–water partition coefficient (Wildman–Crippen LogP) is 6.08. The number of nitrogens with zero attached hydrogens (tertiary/aromatic N) is 1. The van der Waals surface area contributed by atoms with Crippen LogP contribution < -0.4 is 20.3 Å². The summed E-state index contributed by atoms with van der Waals surface area (Å²) in [4.78, 5) is 39.4. The summed E-state index contributed by atoms with van der Waals surface area (Å²) in [6.45, 7) is 2.35. The van der Waals surface area contributed by atoms with E-state index < -0.39 is 17.7 Å². The molecule has 3 aromatic rings. The van der Waals surface area contributed by atoms with Gasteiger partial charge in [-0.3, -0.25) is 14.4 Å². The van der Waals surface area contributed by atoms with E-state index in [2.05, 4.69) is 10.6 Å². The van der Waals surface area contributed by atoms with Gasteiger partial charge < -0.3 is 15.4 Å². The van der Waals surface area contributed by atoms with E-state index in [9.17, 15) is 14.4 Å². The van der Waals surface area contributed by atoms with Crippen LogP contribution >= 0.6 is 34.8 Å². The molecule has 1 aliphatic heterocycles. The van der Waals surface area contributed by atoms with E-state index in [1.54, 1.807) is 60.7 Å². The number of hydrogen-bond donors (Lipinski definition) is 2. The molecule has 0 fully saturated rings. The maximum Gasteiger partial charge on any atom is 0.283 e. The third-order valence-electron chi connectivity index (χ3n) is 4.95. The summed E-state index contributed by atoms with van der Waals surface area (Å²) in [5.41, 5.74) is 1.38. The number of carbonyl (C=O) groups is 3. The molecule has 0 atom stereocenters. The van der Waals surface area contributed by atoms with Gasteiger partial charge in [0.15, 0.2) is 0 Å². The van der Waals surface area contributed by atoms with Gasteiger partial charge in [0, 0.05) is 27.0 Å². The molecule has 10 heteroatoms. The zero-order valence-electron chi connectivity index (χ0n) is 18.3. The third kappa shape index (κ3) is 5.43. The molecule has 0 saturated heterocycles. The molecular formula is C25H18Cl3N3O4. The van der Waals surface area contributed by atoms with Crippen molar-refractivity contribution in [3.05, 3.63) is 93.1 Å². The standard InChI is InChI=1S/C25H18Cl3N3O4/c1-2-35-20-8-6-19(7-9-20)31-24(33)21(28)22(25(31)34)29-17-5-3-4-14(10-17)23(32)30-18-12-15(26)11-16(27)13-18/h3-13,29H,2H2,1H3,(H,30,32). The molecule has 2 N–H and O–H groups in total. The van der Waals surface area contributed by atoms with Crippen molar-refractivity contribution in [2.24, 2.45) is 0 Å². The molecule has 4 rings (SSSR count). The highest BCUT2D eigenvalue weighted by Gasteiger charge is 2.39. The minimum absolute atomic E-state index is 0.0928. The second-order valence-electron chi connectivity index (χ2n) is 7.38. The summed E-state index contributed by atoms with van der Waals surface area (Å²) in [6.07, 6.45) is 0. The number of benzene rings is 3. The van der Waals surface area contributed by atoms with Crippen LogP contribution in [0.4, 0.5) is 17.1 Å². The Morgan fingerprint density at radius 1 is 0.886 bits per heavy atom. The van der Waals surface area contributed by atoms with Crippen LogP contribution in [-0.4, -0.2) is 24.3 Å². The van der Waals surface area contributed by atoms with Crippen molar-refractivity contribution in [3.63, 3.8) is 0 Å². The highest BCUT2D eigenvalue weighted by atomic mass is 35.5. The molecule has 0 radical (unpaired) electrons. The fourth-order valence-corrected chi connectivity index (χ4v) is 4.15. The maximum atomic E-state index is 13.0. The largest absolute Gasteiger partial charge is 0.494 e. The SMILES string of the molecule is CCOc1ccc(N2C(=O)C(Cl)=C(Nc3cccc(C(=O)Nc4cc(Cl)cc(Cl)c4)c3)C2=O)cc1. The maximum absolute atomic E-state index is 13.0. The Morgan fingerprint density at radius 3 is 2.23 bits per heavy atom. The van der Waals surface area contributed by atoms with Gasteiger partial charge in [-0.25, -0.2) is 4.90 Å². The summed E-state index contributed by atoms with van der Waals surface area (Å²) in [5.74, 6) is -1.08. The van der Waals surface area contributed by atoms with Crippen molar-refractivity contribution in [1.82, 2.24) is 0 Å². The van der Waals surface area contributed by atoms with Crippen LogP contribution in [-0.2, 0) is 9.59 Å².